The SMILES string of the molecule is O=C(O)C(Cc1ccccc1)NC(=O)C(CO)NC(=O)C(Cc1c[nH]c2ccccc12)NC(=O)C1CCCN1. The maximum atomic E-state index is 13.4. The van der Waals surface area contributed by atoms with E-state index in [9.17, 15) is 29.4 Å². The Balaban J connectivity index is 1.47. The normalized spacial score (nSPS) is 17.2. The Morgan fingerprint density at radius 1 is 0.872 bits per heavy atom. The van der Waals surface area contributed by atoms with Crippen molar-refractivity contribution >= 4 is 34.6 Å². The number of nitrogens with one attached hydrogen (secondary N) is 5. The molecule has 4 atom stereocenters. The van der Waals surface area contributed by atoms with Crippen molar-refractivity contribution in [3.05, 3.63) is 71.9 Å². The number of aromatic amines is 1. The summed E-state index contributed by atoms with van der Waals surface area (Å²) in [7, 11) is 0. The molecule has 7 N–H and O–H groups in total. The Morgan fingerprint density at radius 2 is 1.56 bits per heavy atom. The number of hydrogen-bond acceptors (Lipinski definition) is 6. The van der Waals surface area contributed by atoms with Crippen molar-refractivity contribution in [1.29, 1.82) is 0 Å². The van der Waals surface area contributed by atoms with Gasteiger partial charge in [-0.15, -0.1) is 0 Å². The maximum Gasteiger partial charge on any atom is 0.326 e. The number of carbonyl (C=O) groups excluding carboxylic acids is 3. The van der Waals surface area contributed by atoms with Crippen molar-refractivity contribution in [3.63, 3.8) is 0 Å². The smallest absolute Gasteiger partial charge is 0.326 e. The molecule has 11 heteroatoms. The van der Waals surface area contributed by atoms with Gasteiger partial charge in [0.25, 0.3) is 0 Å². The zero-order valence-electron chi connectivity index (χ0n) is 21.4. The first-order valence-corrected chi connectivity index (χ1v) is 12.9. The van der Waals surface area contributed by atoms with E-state index in [1.165, 1.54) is 0 Å². The third kappa shape index (κ3) is 7.21. The molecule has 4 unspecified atom stereocenters. The minimum absolute atomic E-state index is 0.0294. The number of hydrogen-bond donors (Lipinski definition) is 7. The van der Waals surface area contributed by atoms with Crippen molar-refractivity contribution in [2.24, 2.45) is 0 Å². The number of carbonyl (C=O) groups is 4. The van der Waals surface area contributed by atoms with Crippen LogP contribution in [-0.2, 0) is 32.0 Å². The van der Waals surface area contributed by atoms with E-state index in [1.54, 1.807) is 36.5 Å². The van der Waals surface area contributed by atoms with E-state index in [0.29, 0.717) is 18.5 Å². The average Bonchev–Trinajstić information content (AvgIpc) is 3.62. The van der Waals surface area contributed by atoms with Crippen LogP contribution < -0.4 is 21.3 Å². The molecule has 1 aliphatic rings. The first kappa shape index (κ1) is 27.8. The van der Waals surface area contributed by atoms with Gasteiger partial charge < -0.3 is 36.5 Å². The van der Waals surface area contributed by atoms with Gasteiger partial charge in [-0.2, -0.15) is 0 Å². The van der Waals surface area contributed by atoms with Gasteiger partial charge in [0.15, 0.2) is 0 Å². The summed E-state index contributed by atoms with van der Waals surface area (Å²) in [5.41, 5.74) is 2.38. The second kappa shape index (κ2) is 13.0. The van der Waals surface area contributed by atoms with E-state index < -0.39 is 48.6 Å². The number of carboxylic acids is 1. The number of benzene rings is 2. The molecule has 0 bridgehead atoms. The molecule has 4 rings (SSSR count). The molecule has 3 aromatic rings. The van der Waals surface area contributed by atoms with E-state index in [0.717, 1.165) is 22.9 Å². The number of aliphatic hydroxyl groups excluding tert-OH is 1. The van der Waals surface area contributed by atoms with Gasteiger partial charge in [-0.05, 0) is 36.6 Å². The zero-order chi connectivity index (χ0) is 27.8. The molecular weight excluding hydrogens is 502 g/mol. The first-order valence-electron chi connectivity index (χ1n) is 12.9. The molecule has 3 amide bonds. The van der Waals surface area contributed by atoms with Gasteiger partial charge in [-0.3, -0.25) is 14.4 Å². The molecular formula is C28H33N5O6. The number of H-pyrrole nitrogens is 1. The van der Waals surface area contributed by atoms with Gasteiger partial charge in [0.1, 0.15) is 18.1 Å². The second-order valence-electron chi connectivity index (χ2n) is 9.61. The highest BCUT2D eigenvalue weighted by Crippen LogP contribution is 2.19. The van der Waals surface area contributed by atoms with E-state index in [2.05, 4.69) is 26.3 Å². The van der Waals surface area contributed by atoms with Crippen LogP contribution in [-0.4, -0.2) is 76.2 Å². The summed E-state index contributed by atoms with van der Waals surface area (Å²) in [4.78, 5) is 54.1. The molecule has 1 aliphatic heterocycles. The zero-order valence-corrected chi connectivity index (χ0v) is 21.4. The molecule has 11 nitrogen and oxygen atoms in total. The Bertz CT molecular complexity index is 1300. The summed E-state index contributed by atoms with van der Waals surface area (Å²) < 4.78 is 0. The summed E-state index contributed by atoms with van der Waals surface area (Å²) in [5.74, 6) is -3.09. The van der Waals surface area contributed by atoms with E-state index in [1.807, 2.05) is 24.3 Å². The van der Waals surface area contributed by atoms with Gasteiger partial charge in [-0.25, -0.2) is 4.79 Å². The fourth-order valence-corrected chi connectivity index (χ4v) is 4.70. The fourth-order valence-electron chi connectivity index (χ4n) is 4.70. The molecule has 2 aromatic carbocycles. The largest absolute Gasteiger partial charge is 0.480 e. The highest BCUT2D eigenvalue weighted by molar-refractivity contribution is 5.95. The second-order valence-corrected chi connectivity index (χ2v) is 9.61. The summed E-state index contributed by atoms with van der Waals surface area (Å²) in [5, 5.41) is 31.2. The molecule has 1 saturated heterocycles. The van der Waals surface area contributed by atoms with Gasteiger partial charge >= 0.3 is 5.97 Å². The number of rotatable bonds is 12. The minimum atomic E-state index is -1.41. The van der Waals surface area contributed by atoms with E-state index in [4.69, 9.17) is 0 Å². The molecule has 39 heavy (non-hydrogen) atoms. The maximum absolute atomic E-state index is 13.4. The van der Waals surface area contributed by atoms with Crippen LogP contribution in [0.2, 0.25) is 0 Å². The van der Waals surface area contributed by atoms with Crippen LogP contribution in [0.25, 0.3) is 10.9 Å². The lowest BCUT2D eigenvalue weighted by molar-refractivity contribution is -0.142. The molecule has 0 radical (unpaired) electrons. The number of fused-ring (bicyclic) bond motifs is 1. The lowest BCUT2D eigenvalue weighted by atomic mass is 10.0. The number of aromatic nitrogens is 1. The molecule has 206 valence electrons. The molecule has 1 aromatic heterocycles. The molecule has 0 aliphatic carbocycles. The van der Waals surface area contributed by atoms with Crippen LogP contribution in [0.15, 0.2) is 60.8 Å². The summed E-state index contributed by atoms with van der Waals surface area (Å²) in [6.07, 6.45) is 3.43. The number of aliphatic carboxylic acids is 1. The third-order valence-corrected chi connectivity index (χ3v) is 6.82. The van der Waals surface area contributed by atoms with E-state index >= 15 is 0 Å². The monoisotopic (exact) mass is 535 g/mol. The fraction of sp³-hybridized carbons (Fsp3) is 0.357. The number of carboxylic acid groups (broad SMARTS) is 1. The highest BCUT2D eigenvalue weighted by Gasteiger charge is 2.32. The molecule has 2 heterocycles. The third-order valence-electron chi connectivity index (χ3n) is 6.82. The van der Waals surface area contributed by atoms with Crippen LogP contribution >= 0.6 is 0 Å². The molecule has 1 fully saturated rings. The topological polar surface area (TPSA) is 173 Å². The summed E-state index contributed by atoms with van der Waals surface area (Å²) >= 11 is 0. The summed E-state index contributed by atoms with van der Waals surface area (Å²) in [6, 6.07) is 12.2. The van der Waals surface area contributed by atoms with Gasteiger partial charge in [0, 0.05) is 29.9 Å². The standard InChI is InChI=1S/C28H33N5O6/c34-16-24(27(37)32-23(28(38)39)13-17-7-2-1-3-8-17)33-26(36)22(31-25(35)21-11-6-12-29-21)14-18-15-30-20-10-5-4-9-19(18)20/h1-5,7-10,15,21-24,29-30,34H,6,11-14,16H2,(H,31,35)(H,32,37)(H,33,36)(H,38,39). The van der Waals surface area contributed by atoms with E-state index in [-0.39, 0.29) is 18.7 Å². The molecule has 0 saturated carbocycles. The minimum Gasteiger partial charge on any atom is -0.480 e. The lowest BCUT2D eigenvalue weighted by Gasteiger charge is -2.24. The number of amides is 3. The first-order chi connectivity index (χ1) is 18.9. The van der Waals surface area contributed by atoms with Crippen LogP contribution in [0.3, 0.4) is 0 Å². The van der Waals surface area contributed by atoms with Gasteiger partial charge in [-0.1, -0.05) is 48.5 Å². The van der Waals surface area contributed by atoms with Crippen molar-refractivity contribution in [1.82, 2.24) is 26.3 Å². The Kier molecular flexibility index (Phi) is 9.29. The Labute approximate surface area is 225 Å². The predicted molar refractivity (Wildman–Crippen MR) is 144 cm³/mol. The Hall–Kier alpha value is -4.22. The average molecular weight is 536 g/mol. The number of aliphatic hydroxyl groups is 1. The predicted octanol–water partition coefficient (Wildman–Crippen LogP) is 0.236. The van der Waals surface area contributed by atoms with Crippen LogP contribution in [0.5, 0.6) is 0 Å². The van der Waals surface area contributed by atoms with Gasteiger partial charge in [0.2, 0.25) is 17.7 Å². The van der Waals surface area contributed by atoms with Crippen molar-refractivity contribution in [2.45, 2.75) is 49.9 Å². The lowest BCUT2D eigenvalue weighted by Crippen LogP contribution is -2.58. The Morgan fingerprint density at radius 3 is 2.26 bits per heavy atom. The number of para-hydroxylation sites is 1. The molecule has 0 spiro atoms. The van der Waals surface area contributed by atoms with Crippen LogP contribution in [0, 0.1) is 0 Å². The van der Waals surface area contributed by atoms with Crippen molar-refractivity contribution < 1.29 is 29.4 Å². The summed E-state index contributed by atoms with van der Waals surface area (Å²) in [6.45, 7) is -0.0505. The quantitative estimate of drug-likeness (QED) is 0.174. The van der Waals surface area contributed by atoms with Crippen molar-refractivity contribution in [3.8, 4) is 0 Å². The van der Waals surface area contributed by atoms with Crippen molar-refractivity contribution in [2.75, 3.05) is 13.2 Å². The highest BCUT2D eigenvalue weighted by atomic mass is 16.4. The van der Waals surface area contributed by atoms with Gasteiger partial charge in [0.05, 0.1) is 12.6 Å². The van der Waals surface area contributed by atoms with Crippen LogP contribution in [0.1, 0.15) is 24.0 Å². The van der Waals surface area contributed by atoms with Crippen LogP contribution in [0.4, 0.5) is 0 Å².